The Balaban J connectivity index is 2.41. The highest BCUT2D eigenvalue weighted by atomic mass is 35.5. The van der Waals surface area contributed by atoms with E-state index in [2.05, 4.69) is 9.38 Å². The van der Waals surface area contributed by atoms with Crippen molar-refractivity contribution in [2.75, 3.05) is 0 Å². The first-order chi connectivity index (χ1) is 9.29. The molecule has 0 spiro atoms. The molecule has 0 aliphatic rings. The molecule has 0 fully saturated rings. The van der Waals surface area contributed by atoms with Crippen molar-refractivity contribution in [1.82, 2.24) is 4.98 Å². The third kappa shape index (κ3) is 3.44. The molecule has 3 nitrogen and oxygen atoms in total. The monoisotopic (exact) mass is 328 g/mol. The fourth-order valence-corrected chi connectivity index (χ4v) is 2.45. The first-order valence-electron chi connectivity index (χ1n) is 6.00. The van der Waals surface area contributed by atoms with Gasteiger partial charge in [0.15, 0.2) is 0 Å². The summed E-state index contributed by atoms with van der Waals surface area (Å²) in [7, 11) is 0. The summed E-state index contributed by atoms with van der Waals surface area (Å²) in [6.07, 6.45) is 1.50. The smallest absolute Gasteiger partial charge is 0.144 e. The lowest BCUT2D eigenvalue weighted by molar-refractivity contribution is 0.562. The highest BCUT2D eigenvalue weighted by Crippen LogP contribution is 2.25. The van der Waals surface area contributed by atoms with Crippen molar-refractivity contribution < 1.29 is 4.55 Å². The van der Waals surface area contributed by atoms with Crippen LogP contribution in [0.15, 0.2) is 28.7 Å². The van der Waals surface area contributed by atoms with Crippen molar-refractivity contribution in [2.24, 2.45) is 4.40 Å². The SMILES string of the molecule is CC(C)(C)[S@@+]([O-])/N=C/c1cc2cccc(Cl)c2nc1Cl. The van der Waals surface area contributed by atoms with Crippen LogP contribution in [0, 0.1) is 0 Å². The molecule has 0 amide bonds. The summed E-state index contributed by atoms with van der Waals surface area (Å²) < 4.78 is 15.5. The number of fused-ring (bicyclic) bond motifs is 1. The minimum absolute atomic E-state index is 0.292. The van der Waals surface area contributed by atoms with Gasteiger partial charge in [-0.2, -0.15) is 0 Å². The van der Waals surface area contributed by atoms with Crippen LogP contribution in [0.2, 0.25) is 10.2 Å². The molecule has 0 aliphatic carbocycles. The van der Waals surface area contributed by atoms with Crippen LogP contribution >= 0.6 is 23.2 Å². The Morgan fingerprint density at radius 2 is 2.00 bits per heavy atom. The summed E-state index contributed by atoms with van der Waals surface area (Å²) in [5.41, 5.74) is 1.27. The van der Waals surface area contributed by atoms with E-state index >= 15 is 0 Å². The molecule has 0 N–H and O–H groups in total. The molecule has 20 heavy (non-hydrogen) atoms. The maximum absolute atomic E-state index is 11.9. The van der Waals surface area contributed by atoms with Gasteiger partial charge >= 0.3 is 0 Å². The van der Waals surface area contributed by atoms with E-state index in [1.165, 1.54) is 6.21 Å². The number of para-hydroxylation sites is 1. The summed E-state index contributed by atoms with van der Waals surface area (Å²) in [6.45, 7) is 5.58. The fraction of sp³-hybridized carbons (Fsp3) is 0.286. The highest BCUT2D eigenvalue weighted by Gasteiger charge is 2.25. The molecule has 1 aromatic carbocycles. The predicted octanol–water partition coefficient (Wildman–Crippen LogP) is 4.42. The van der Waals surface area contributed by atoms with Crippen molar-refractivity contribution >= 4 is 51.7 Å². The van der Waals surface area contributed by atoms with Gasteiger partial charge in [-0.1, -0.05) is 39.7 Å². The van der Waals surface area contributed by atoms with Crippen molar-refractivity contribution in [3.8, 4) is 0 Å². The van der Waals surface area contributed by atoms with Crippen molar-refractivity contribution in [2.45, 2.75) is 25.5 Å². The molecule has 2 aromatic rings. The van der Waals surface area contributed by atoms with Gasteiger partial charge in [-0.15, -0.1) is 0 Å². The number of hydrogen-bond donors (Lipinski definition) is 0. The van der Waals surface area contributed by atoms with Gasteiger partial charge in [-0.25, -0.2) is 4.98 Å². The van der Waals surface area contributed by atoms with Crippen LogP contribution in [0.4, 0.5) is 0 Å². The summed E-state index contributed by atoms with van der Waals surface area (Å²) in [6, 6.07) is 7.33. The average molecular weight is 329 g/mol. The van der Waals surface area contributed by atoms with Gasteiger partial charge in [-0.3, -0.25) is 0 Å². The molecule has 0 bridgehead atoms. The van der Waals surface area contributed by atoms with Gasteiger partial charge in [0.1, 0.15) is 21.3 Å². The van der Waals surface area contributed by atoms with Crippen LogP contribution in [-0.4, -0.2) is 20.5 Å². The van der Waals surface area contributed by atoms with Crippen molar-refractivity contribution in [1.29, 1.82) is 0 Å². The number of pyridine rings is 1. The maximum atomic E-state index is 11.9. The molecule has 0 aliphatic heterocycles. The van der Waals surface area contributed by atoms with Gasteiger partial charge in [0.2, 0.25) is 0 Å². The third-order valence-electron chi connectivity index (χ3n) is 2.59. The van der Waals surface area contributed by atoms with Gasteiger partial charge in [0.05, 0.1) is 16.8 Å². The Kier molecular flexibility index (Phi) is 4.59. The number of aromatic nitrogens is 1. The fourth-order valence-electron chi connectivity index (χ4n) is 1.51. The van der Waals surface area contributed by atoms with Gasteiger partial charge < -0.3 is 4.55 Å². The Labute approximate surface area is 131 Å². The van der Waals surface area contributed by atoms with E-state index in [9.17, 15) is 4.55 Å². The molecule has 0 unspecified atom stereocenters. The quantitative estimate of drug-likeness (QED) is 0.465. The summed E-state index contributed by atoms with van der Waals surface area (Å²) in [5, 5.41) is 1.70. The van der Waals surface area contributed by atoms with E-state index in [1.54, 1.807) is 6.07 Å². The molecule has 0 saturated heterocycles. The summed E-state index contributed by atoms with van der Waals surface area (Å²) >= 11 is 10.9. The molecule has 6 heteroatoms. The zero-order valence-corrected chi connectivity index (χ0v) is 13.7. The Morgan fingerprint density at radius 1 is 1.30 bits per heavy atom. The Morgan fingerprint density at radius 3 is 2.65 bits per heavy atom. The van der Waals surface area contributed by atoms with E-state index in [1.807, 2.05) is 39.0 Å². The van der Waals surface area contributed by atoms with Crippen LogP contribution in [0.3, 0.4) is 0 Å². The van der Waals surface area contributed by atoms with Crippen LogP contribution in [0.25, 0.3) is 10.9 Å². The molecule has 1 atom stereocenters. The first kappa shape index (κ1) is 15.6. The maximum Gasteiger partial charge on any atom is 0.144 e. The summed E-state index contributed by atoms with van der Waals surface area (Å²) in [4.78, 5) is 4.26. The molecule has 1 heterocycles. The lowest BCUT2D eigenvalue weighted by Crippen LogP contribution is -2.25. The van der Waals surface area contributed by atoms with E-state index in [0.717, 1.165) is 5.39 Å². The molecule has 0 saturated carbocycles. The van der Waals surface area contributed by atoms with Crippen molar-refractivity contribution in [3.05, 3.63) is 40.0 Å². The number of benzene rings is 1. The Bertz CT molecular complexity index is 668. The second-order valence-electron chi connectivity index (χ2n) is 5.28. The van der Waals surface area contributed by atoms with Gasteiger partial charge in [0, 0.05) is 10.9 Å². The lowest BCUT2D eigenvalue weighted by Gasteiger charge is -2.17. The van der Waals surface area contributed by atoms with Crippen LogP contribution in [0.1, 0.15) is 26.3 Å². The van der Waals surface area contributed by atoms with E-state index in [-0.39, 0.29) is 0 Å². The molecular formula is C14H14Cl2N2OS. The minimum atomic E-state index is -1.33. The number of rotatable bonds is 2. The molecule has 0 radical (unpaired) electrons. The zero-order chi connectivity index (χ0) is 14.9. The Hall–Kier alpha value is -0.810. The average Bonchev–Trinajstić information content (AvgIpc) is 2.36. The normalized spacial score (nSPS) is 14.1. The number of halogens is 2. The van der Waals surface area contributed by atoms with Crippen LogP contribution < -0.4 is 0 Å². The highest BCUT2D eigenvalue weighted by molar-refractivity contribution is 7.91. The van der Waals surface area contributed by atoms with Gasteiger partial charge in [0.25, 0.3) is 0 Å². The molecule has 1 aromatic heterocycles. The third-order valence-corrected chi connectivity index (χ3v) is 4.54. The van der Waals surface area contributed by atoms with E-state index < -0.39 is 16.1 Å². The van der Waals surface area contributed by atoms with Crippen LogP contribution in [-0.2, 0) is 11.4 Å². The number of hydrogen-bond acceptors (Lipinski definition) is 3. The van der Waals surface area contributed by atoms with Crippen LogP contribution in [0.5, 0.6) is 0 Å². The largest absolute Gasteiger partial charge is 0.591 e. The zero-order valence-electron chi connectivity index (χ0n) is 11.4. The minimum Gasteiger partial charge on any atom is -0.591 e. The lowest BCUT2D eigenvalue weighted by atomic mass is 10.2. The van der Waals surface area contributed by atoms with E-state index in [0.29, 0.717) is 21.3 Å². The molecule has 106 valence electrons. The first-order valence-corrected chi connectivity index (χ1v) is 7.86. The number of nitrogens with zero attached hydrogens (tertiary/aromatic N) is 2. The second kappa shape index (κ2) is 5.90. The molecular weight excluding hydrogens is 315 g/mol. The van der Waals surface area contributed by atoms with E-state index in [4.69, 9.17) is 23.2 Å². The standard InChI is InChI=1S/C14H14Cl2N2OS/c1-14(2,3)20(19)17-8-10-7-9-5-4-6-11(15)12(9)18-13(10)16/h4-8H,1-3H3/b17-8+/t20-/m1/s1. The predicted molar refractivity (Wildman–Crippen MR) is 87.3 cm³/mol. The second-order valence-corrected chi connectivity index (χ2v) is 7.98. The molecule has 2 rings (SSSR count). The van der Waals surface area contributed by atoms with Crippen molar-refractivity contribution in [3.63, 3.8) is 0 Å². The topological polar surface area (TPSA) is 48.3 Å². The van der Waals surface area contributed by atoms with Gasteiger partial charge in [-0.05, 0) is 32.9 Å². The summed E-state index contributed by atoms with van der Waals surface area (Å²) in [5.74, 6) is 0.